The zero-order chi connectivity index (χ0) is 16.5. The predicted molar refractivity (Wildman–Crippen MR) is 93.6 cm³/mol. The molecule has 23 heavy (non-hydrogen) atoms. The van der Waals surface area contributed by atoms with E-state index in [2.05, 4.69) is 58.9 Å². The Labute approximate surface area is 138 Å². The first kappa shape index (κ1) is 17.1. The Morgan fingerprint density at radius 3 is 2.57 bits per heavy atom. The minimum absolute atomic E-state index is 0.588. The van der Waals surface area contributed by atoms with Gasteiger partial charge in [-0.05, 0) is 29.9 Å². The van der Waals surface area contributed by atoms with Crippen molar-refractivity contribution >= 4 is 5.96 Å². The number of nitrogens with one attached hydrogen (secondary N) is 2. The van der Waals surface area contributed by atoms with Crippen LogP contribution in [-0.2, 0) is 13.0 Å². The summed E-state index contributed by atoms with van der Waals surface area (Å²) in [6.07, 6.45) is 3.69. The summed E-state index contributed by atoms with van der Waals surface area (Å²) in [6, 6.07) is 10.7. The lowest BCUT2D eigenvalue weighted by Gasteiger charge is -2.11. The lowest BCUT2D eigenvalue weighted by molar-refractivity contribution is 0.410. The molecule has 1 aromatic heterocycles. The molecule has 5 nitrogen and oxygen atoms in total. The van der Waals surface area contributed by atoms with Crippen molar-refractivity contribution in [1.29, 1.82) is 0 Å². The van der Waals surface area contributed by atoms with Crippen molar-refractivity contribution in [2.75, 3.05) is 13.6 Å². The Hall–Kier alpha value is -2.30. The van der Waals surface area contributed by atoms with Crippen LogP contribution in [0.25, 0.3) is 0 Å². The summed E-state index contributed by atoms with van der Waals surface area (Å²) in [7, 11) is 1.77. The zero-order valence-corrected chi connectivity index (χ0v) is 14.2. The molecular formula is C18H26N4O. The molecule has 0 unspecified atom stereocenters. The van der Waals surface area contributed by atoms with E-state index in [4.69, 9.17) is 4.52 Å². The van der Waals surface area contributed by atoms with Crippen molar-refractivity contribution in [1.82, 2.24) is 15.8 Å². The van der Waals surface area contributed by atoms with Crippen LogP contribution in [0.2, 0.25) is 0 Å². The van der Waals surface area contributed by atoms with Gasteiger partial charge in [-0.2, -0.15) is 0 Å². The average molecular weight is 314 g/mol. The second kappa shape index (κ2) is 8.98. The molecule has 0 spiro atoms. The topological polar surface area (TPSA) is 62.5 Å². The molecule has 0 atom stereocenters. The van der Waals surface area contributed by atoms with Crippen molar-refractivity contribution in [3.63, 3.8) is 0 Å². The Kier molecular flexibility index (Phi) is 6.66. The summed E-state index contributed by atoms with van der Waals surface area (Å²) in [4.78, 5) is 4.20. The van der Waals surface area contributed by atoms with Gasteiger partial charge in [0.05, 0.1) is 6.54 Å². The highest BCUT2D eigenvalue weighted by atomic mass is 16.5. The standard InChI is InChI=1S/C18H26N4O/c1-14(2)16-8-6-15(7-9-16)5-4-11-20-18(19-3)21-13-17-10-12-23-22-17/h6-10,12,14H,4-5,11,13H2,1-3H3,(H2,19,20,21). The van der Waals surface area contributed by atoms with Gasteiger partial charge < -0.3 is 15.2 Å². The predicted octanol–water partition coefficient (Wildman–Crippen LogP) is 3.10. The smallest absolute Gasteiger partial charge is 0.191 e. The third kappa shape index (κ3) is 5.77. The molecule has 5 heteroatoms. The molecule has 1 heterocycles. The summed E-state index contributed by atoms with van der Waals surface area (Å²) in [5.41, 5.74) is 3.63. The first-order chi connectivity index (χ1) is 11.2. The van der Waals surface area contributed by atoms with Crippen LogP contribution in [0.3, 0.4) is 0 Å². The molecule has 2 aromatic rings. The van der Waals surface area contributed by atoms with E-state index >= 15 is 0 Å². The van der Waals surface area contributed by atoms with Crippen molar-refractivity contribution in [2.45, 2.75) is 39.2 Å². The maximum atomic E-state index is 4.80. The molecule has 0 saturated carbocycles. The number of nitrogens with zero attached hydrogens (tertiary/aromatic N) is 2. The fourth-order valence-electron chi connectivity index (χ4n) is 2.29. The van der Waals surface area contributed by atoms with Gasteiger partial charge in [-0.1, -0.05) is 43.3 Å². The van der Waals surface area contributed by atoms with E-state index in [1.807, 2.05) is 6.07 Å². The molecule has 2 N–H and O–H groups in total. The van der Waals surface area contributed by atoms with Gasteiger partial charge in [-0.3, -0.25) is 4.99 Å². The Balaban J connectivity index is 1.67. The van der Waals surface area contributed by atoms with E-state index in [1.54, 1.807) is 13.3 Å². The summed E-state index contributed by atoms with van der Waals surface area (Å²) < 4.78 is 4.80. The van der Waals surface area contributed by atoms with Gasteiger partial charge in [0.1, 0.15) is 12.0 Å². The molecule has 0 aliphatic heterocycles. The van der Waals surface area contributed by atoms with Gasteiger partial charge in [-0.15, -0.1) is 0 Å². The van der Waals surface area contributed by atoms with Crippen LogP contribution >= 0.6 is 0 Å². The van der Waals surface area contributed by atoms with Crippen LogP contribution in [0.4, 0.5) is 0 Å². The minimum atomic E-state index is 0.588. The van der Waals surface area contributed by atoms with Crippen LogP contribution in [0.1, 0.15) is 43.0 Å². The monoisotopic (exact) mass is 314 g/mol. The number of hydrogen-bond donors (Lipinski definition) is 2. The zero-order valence-electron chi connectivity index (χ0n) is 14.2. The highest BCUT2D eigenvalue weighted by Crippen LogP contribution is 2.15. The SMILES string of the molecule is CN=C(NCCCc1ccc(C(C)C)cc1)NCc1ccon1. The number of aliphatic imine (C=N–C) groups is 1. The molecule has 0 saturated heterocycles. The molecular weight excluding hydrogens is 288 g/mol. The molecule has 0 bridgehead atoms. The maximum Gasteiger partial charge on any atom is 0.191 e. The first-order valence-corrected chi connectivity index (χ1v) is 8.11. The van der Waals surface area contributed by atoms with Crippen LogP contribution in [0, 0.1) is 0 Å². The first-order valence-electron chi connectivity index (χ1n) is 8.11. The van der Waals surface area contributed by atoms with Gasteiger partial charge in [0.25, 0.3) is 0 Å². The third-order valence-corrected chi connectivity index (χ3v) is 3.73. The van der Waals surface area contributed by atoms with Crippen LogP contribution < -0.4 is 10.6 Å². The Bertz CT molecular complexity index is 588. The number of rotatable bonds is 7. The number of hydrogen-bond acceptors (Lipinski definition) is 3. The number of benzene rings is 1. The van der Waals surface area contributed by atoms with Crippen molar-refractivity contribution in [3.05, 3.63) is 53.4 Å². The maximum absolute atomic E-state index is 4.80. The van der Waals surface area contributed by atoms with Gasteiger partial charge in [-0.25, -0.2) is 0 Å². The molecule has 0 fully saturated rings. The van der Waals surface area contributed by atoms with E-state index in [1.165, 1.54) is 11.1 Å². The molecule has 0 aliphatic carbocycles. The number of aryl methyl sites for hydroxylation is 1. The molecule has 0 aliphatic rings. The summed E-state index contributed by atoms with van der Waals surface area (Å²) >= 11 is 0. The quantitative estimate of drug-likeness (QED) is 0.468. The lowest BCUT2D eigenvalue weighted by Crippen LogP contribution is -2.37. The number of guanidine groups is 1. The van der Waals surface area contributed by atoms with Crippen LogP contribution in [0.15, 0.2) is 46.1 Å². The molecule has 1 aromatic carbocycles. The third-order valence-electron chi connectivity index (χ3n) is 3.73. The van der Waals surface area contributed by atoms with E-state index in [9.17, 15) is 0 Å². The minimum Gasteiger partial charge on any atom is -0.364 e. The van der Waals surface area contributed by atoms with Crippen molar-refractivity contribution < 1.29 is 4.52 Å². The second-order valence-corrected chi connectivity index (χ2v) is 5.84. The average Bonchev–Trinajstić information content (AvgIpc) is 3.08. The Morgan fingerprint density at radius 1 is 1.17 bits per heavy atom. The van der Waals surface area contributed by atoms with Gasteiger partial charge >= 0.3 is 0 Å². The molecule has 0 amide bonds. The highest BCUT2D eigenvalue weighted by molar-refractivity contribution is 5.79. The molecule has 2 rings (SSSR count). The molecule has 0 radical (unpaired) electrons. The van der Waals surface area contributed by atoms with Gasteiger partial charge in [0.15, 0.2) is 5.96 Å². The fourth-order valence-corrected chi connectivity index (χ4v) is 2.29. The summed E-state index contributed by atoms with van der Waals surface area (Å²) in [5, 5.41) is 10.4. The Morgan fingerprint density at radius 2 is 1.96 bits per heavy atom. The second-order valence-electron chi connectivity index (χ2n) is 5.84. The van der Waals surface area contributed by atoms with Crippen molar-refractivity contribution in [3.8, 4) is 0 Å². The van der Waals surface area contributed by atoms with Gasteiger partial charge in [0.2, 0.25) is 0 Å². The number of aromatic nitrogens is 1. The van der Waals surface area contributed by atoms with Crippen molar-refractivity contribution in [2.24, 2.45) is 4.99 Å². The lowest BCUT2D eigenvalue weighted by atomic mass is 10.0. The molecule has 124 valence electrons. The van der Waals surface area contributed by atoms with E-state index in [0.717, 1.165) is 31.0 Å². The normalized spacial score (nSPS) is 11.7. The van der Waals surface area contributed by atoms with E-state index < -0.39 is 0 Å². The summed E-state index contributed by atoms with van der Waals surface area (Å²) in [5.74, 6) is 1.37. The van der Waals surface area contributed by atoms with Gasteiger partial charge in [0, 0.05) is 19.7 Å². The fraction of sp³-hybridized carbons (Fsp3) is 0.444. The van der Waals surface area contributed by atoms with E-state index in [0.29, 0.717) is 12.5 Å². The van der Waals surface area contributed by atoms with Crippen LogP contribution in [0.5, 0.6) is 0 Å². The van der Waals surface area contributed by atoms with E-state index in [-0.39, 0.29) is 0 Å². The summed E-state index contributed by atoms with van der Waals surface area (Å²) in [6.45, 7) is 5.92. The highest BCUT2D eigenvalue weighted by Gasteiger charge is 2.01. The van der Waals surface area contributed by atoms with Crippen LogP contribution in [-0.4, -0.2) is 24.7 Å². The largest absolute Gasteiger partial charge is 0.364 e.